The van der Waals surface area contributed by atoms with E-state index < -0.39 is 18.0 Å². The number of pyridine rings is 1. The average molecular weight is 398 g/mol. The lowest BCUT2D eigenvalue weighted by molar-refractivity contribution is -0.124. The number of benzene rings is 1. The number of esters is 1. The van der Waals surface area contributed by atoms with E-state index in [0.717, 1.165) is 4.47 Å². The number of nitrogens with zero attached hydrogens (tertiary/aromatic N) is 1. The van der Waals surface area contributed by atoms with Crippen LogP contribution in [0, 0.1) is 0 Å². The lowest BCUT2D eigenvalue weighted by atomic mass is 10.2. The van der Waals surface area contributed by atoms with Crippen LogP contribution in [0.2, 0.25) is 5.15 Å². The van der Waals surface area contributed by atoms with Crippen molar-refractivity contribution >= 4 is 45.1 Å². The highest BCUT2D eigenvalue weighted by Crippen LogP contribution is 2.22. The molecule has 2 rings (SSSR count). The summed E-state index contributed by atoms with van der Waals surface area (Å²) in [7, 11) is 0. The second kappa shape index (κ2) is 8.08. The minimum Gasteiger partial charge on any atom is -0.449 e. The predicted octanol–water partition coefficient (Wildman–Crippen LogP) is 4.07. The third kappa shape index (κ3) is 4.53. The van der Waals surface area contributed by atoms with E-state index in [1.165, 1.54) is 12.3 Å². The molecule has 1 N–H and O–H groups in total. The Kier molecular flexibility index (Phi) is 6.12. The number of aromatic nitrogens is 1. The Morgan fingerprint density at radius 3 is 2.70 bits per heavy atom. The summed E-state index contributed by atoms with van der Waals surface area (Å²) in [4.78, 5) is 28.2. The van der Waals surface area contributed by atoms with Gasteiger partial charge >= 0.3 is 5.97 Å². The highest BCUT2D eigenvalue weighted by molar-refractivity contribution is 9.10. The zero-order chi connectivity index (χ0) is 16.8. The van der Waals surface area contributed by atoms with Crippen LogP contribution in [0.25, 0.3) is 0 Å². The molecule has 7 heteroatoms. The maximum atomic E-state index is 12.3. The monoisotopic (exact) mass is 396 g/mol. The van der Waals surface area contributed by atoms with Crippen LogP contribution < -0.4 is 5.32 Å². The molecular formula is C16H14BrClN2O3. The van der Waals surface area contributed by atoms with Gasteiger partial charge in [-0.05, 0) is 46.6 Å². The zero-order valence-electron chi connectivity index (χ0n) is 12.3. The number of rotatable bonds is 5. The Hall–Kier alpha value is -1.92. The number of nitrogens with one attached hydrogen (secondary N) is 1. The van der Waals surface area contributed by atoms with Crippen LogP contribution in [0.1, 0.15) is 23.7 Å². The van der Waals surface area contributed by atoms with Crippen molar-refractivity contribution in [2.45, 2.75) is 19.4 Å². The van der Waals surface area contributed by atoms with Crippen molar-refractivity contribution in [2.24, 2.45) is 0 Å². The van der Waals surface area contributed by atoms with Gasteiger partial charge in [-0.1, -0.05) is 30.7 Å². The summed E-state index contributed by atoms with van der Waals surface area (Å²) in [5.74, 6) is -1.09. The summed E-state index contributed by atoms with van der Waals surface area (Å²) >= 11 is 9.20. The number of carbonyl (C=O) groups is 2. The van der Waals surface area contributed by atoms with Gasteiger partial charge in [0.05, 0.1) is 11.3 Å². The van der Waals surface area contributed by atoms with Crippen molar-refractivity contribution in [1.29, 1.82) is 0 Å². The van der Waals surface area contributed by atoms with Crippen LogP contribution in [0.4, 0.5) is 5.69 Å². The fourth-order valence-electron chi connectivity index (χ4n) is 1.83. The van der Waals surface area contributed by atoms with E-state index in [0.29, 0.717) is 12.1 Å². The molecule has 0 saturated heterocycles. The first-order chi connectivity index (χ1) is 11.0. The SMILES string of the molecule is CCC(OC(=O)c1cccnc1Cl)C(=O)Nc1ccccc1Br. The number of para-hydroxylation sites is 1. The molecule has 23 heavy (non-hydrogen) atoms. The van der Waals surface area contributed by atoms with E-state index in [1.54, 1.807) is 31.2 Å². The van der Waals surface area contributed by atoms with E-state index in [1.807, 2.05) is 6.07 Å². The summed E-state index contributed by atoms with van der Waals surface area (Å²) in [6.45, 7) is 1.75. The molecule has 120 valence electrons. The third-order valence-electron chi connectivity index (χ3n) is 3.02. The molecule has 1 unspecified atom stereocenters. The van der Waals surface area contributed by atoms with Crippen molar-refractivity contribution < 1.29 is 14.3 Å². The van der Waals surface area contributed by atoms with Gasteiger partial charge in [-0.25, -0.2) is 9.78 Å². The molecule has 0 bridgehead atoms. The van der Waals surface area contributed by atoms with Crippen LogP contribution in [0.3, 0.4) is 0 Å². The number of carbonyl (C=O) groups excluding carboxylic acids is 2. The summed E-state index contributed by atoms with van der Waals surface area (Å²) < 4.78 is 5.99. The van der Waals surface area contributed by atoms with Crippen LogP contribution in [-0.2, 0) is 9.53 Å². The molecule has 0 fully saturated rings. The Labute approximate surface area is 147 Å². The fourth-order valence-corrected chi connectivity index (χ4v) is 2.41. The maximum absolute atomic E-state index is 12.3. The second-order valence-electron chi connectivity index (χ2n) is 4.61. The van der Waals surface area contributed by atoms with Crippen LogP contribution >= 0.6 is 27.5 Å². The Morgan fingerprint density at radius 2 is 2.04 bits per heavy atom. The van der Waals surface area contributed by atoms with E-state index in [4.69, 9.17) is 16.3 Å². The van der Waals surface area contributed by atoms with Gasteiger partial charge in [-0.2, -0.15) is 0 Å². The molecule has 0 radical (unpaired) electrons. The highest BCUT2D eigenvalue weighted by atomic mass is 79.9. The van der Waals surface area contributed by atoms with Crippen molar-refractivity contribution in [3.05, 3.63) is 57.8 Å². The number of halogens is 2. The van der Waals surface area contributed by atoms with Crippen molar-refractivity contribution in [2.75, 3.05) is 5.32 Å². The second-order valence-corrected chi connectivity index (χ2v) is 5.83. The fraction of sp³-hybridized carbons (Fsp3) is 0.188. The van der Waals surface area contributed by atoms with Crippen LogP contribution in [0.5, 0.6) is 0 Å². The Morgan fingerprint density at radius 1 is 1.30 bits per heavy atom. The molecule has 1 atom stereocenters. The van der Waals surface area contributed by atoms with Gasteiger partial charge in [0.25, 0.3) is 5.91 Å². The summed E-state index contributed by atoms with van der Waals surface area (Å²) in [5, 5.41) is 2.76. The summed E-state index contributed by atoms with van der Waals surface area (Å²) in [6.07, 6.45) is 0.876. The van der Waals surface area contributed by atoms with Crippen molar-refractivity contribution in [3.63, 3.8) is 0 Å². The Balaban J connectivity index is 2.08. The minimum atomic E-state index is -0.925. The van der Waals surface area contributed by atoms with E-state index in [9.17, 15) is 9.59 Å². The largest absolute Gasteiger partial charge is 0.449 e. The zero-order valence-corrected chi connectivity index (χ0v) is 14.6. The smallest absolute Gasteiger partial charge is 0.342 e. The molecule has 5 nitrogen and oxygen atoms in total. The normalized spacial score (nSPS) is 11.6. The number of hydrogen-bond donors (Lipinski definition) is 1. The first-order valence-corrected chi connectivity index (χ1v) is 8.07. The Bertz CT molecular complexity index is 724. The summed E-state index contributed by atoms with van der Waals surface area (Å²) in [6, 6.07) is 10.2. The van der Waals surface area contributed by atoms with Gasteiger partial charge in [0, 0.05) is 10.7 Å². The topological polar surface area (TPSA) is 68.3 Å². The molecule has 0 spiro atoms. The molecule has 1 aromatic carbocycles. The van der Waals surface area contributed by atoms with Gasteiger partial charge in [-0.3, -0.25) is 4.79 Å². The van der Waals surface area contributed by atoms with E-state index in [2.05, 4.69) is 26.2 Å². The first-order valence-electron chi connectivity index (χ1n) is 6.89. The molecule has 1 aromatic heterocycles. The minimum absolute atomic E-state index is 0.0403. The molecule has 0 aliphatic rings. The standard InChI is InChI=1S/C16H14BrClN2O3/c1-2-13(15(21)20-12-8-4-3-7-11(12)17)23-16(22)10-6-5-9-19-14(10)18/h3-9,13H,2H2,1H3,(H,20,21). The van der Waals surface area contributed by atoms with Gasteiger partial charge in [0.15, 0.2) is 6.10 Å². The lowest BCUT2D eigenvalue weighted by Gasteiger charge is -2.16. The number of anilines is 1. The molecule has 1 heterocycles. The molecule has 2 aromatic rings. The number of hydrogen-bond acceptors (Lipinski definition) is 4. The quantitative estimate of drug-likeness (QED) is 0.610. The van der Waals surface area contributed by atoms with Gasteiger partial charge < -0.3 is 10.1 Å². The van der Waals surface area contributed by atoms with Gasteiger partial charge in [-0.15, -0.1) is 0 Å². The molecular weight excluding hydrogens is 384 g/mol. The van der Waals surface area contributed by atoms with Crippen molar-refractivity contribution in [3.8, 4) is 0 Å². The lowest BCUT2D eigenvalue weighted by Crippen LogP contribution is -2.32. The van der Waals surface area contributed by atoms with Crippen LogP contribution in [-0.4, -0.2) is 23.0 Å². The third-order valence-corrected chi connectivity index (χ3v) is 4.02. The molecule has 0 saturated carbocycles. The van der Waals surface area contributed by atoms with E-state index in [-0.39, 0.29) is 10.7 Å². The number of ether oxygens (including phenoxy) is 1. The molecule has 0 aliphatic carbocycles. The summed E-state index contributed by atoms with van der Waals surface area (Å²) in [5.41, 5.74) is 0.729. The predicted molar refractivity (Wildman–Crippen MR) is 91.5 cm³/mol. The van der Waals surface area contributed by atoms with Crippen molar-refractivity contribution in [1.82, 2.24) is 4.98 Å². The van der Waals surface area contributed by atoms with E-state index >= 15 is 0 Å². The van der Waals surface area contributed by atoms with Gasteiger partial charge in [0.2, 0.25) is 0 Å². The maximum Gasteiger partial charge on any atom is 0.342 e. The highest BCUT2D eigenvalue weighted by Gasteiger charge is 2.23. The van der Waals surface area contributed by atoms with Gasteiger partial charge in [0.1, 0.15) is 5.15 Å². The number of amides is 1. The average Bonchev–Trinajstić information content (AvgIpc) is 2.54. The first kappa shape index (κ1) is 17.4. The molecule has 0 aliphatic heterocycles. The molecule has 1 amide bonds. The van der Waals surface area contributed by atoms with Crippen LogP contribution in [0.15, 0.2) is 47.1 Å².